The number of amides is 1. The van der Waals surface area contributed by atoms with Gasteiger partial charge in [0, 0.05) is 10.5 Å². The number of aromatic nitrogens is 2. The van der Waals surface area contributed by atoms with Crippen LogP contribution in [0.2, 0.25) is 0 Å². The van der Waals surface area contributed by atoms with Crippen LogP contribution in [0.3, 0.4) is 0 Å². The van der Waals surface area contributed by atoms with Crippen LogP contribution < -0.4 is 5.32 Å². The minimum atomic E-state index is -0.288. The number of imidazole rings is 1. The fraction of sp³-hybridized carbons (Fsp3) is 0.0476. The molecule has 3 aromatic carbocycles. The Hall–Kier alpha value is -3.12. The van der Waals surface area contributed by atoms with Crippen molar-refractivity contribution in [1.82, 2.24) is 9.97 Å². The molecule has 1 aromatic heterocycles. The number of halogens is 1. The first-order valence-corrected chi connectivity index (χ1v) is 9.40. The number of anilines is 1. The summed E-state index contributed by atoms with van der Waals surface area (Å²) in [5.74, 6) is 0.523. The summed E-state index contributed by atoms with van der Waals surface area (Å²) in [7, 11) is 0. The quantitative estimate of drug-likeness (QED) is 0.476. The Kier molecular flexibility index (Phi) is 4.89. The van der Waals surface area contributed by atoms with Gasteiger partial charge in [-0.15, -0.1) is 11.8 Å². The maximum absolute atomic E-state index is 13.0. The number of carbonyl (C=O) groups is 1. The van der Waals surface area contributed by atoms with Crippen molar-refractivity contribution >= 4 is 34.4 Å². The summed E-state index contributed by atoms with van der Waals surface area (Å²) >= 11 is 1.36. The van der Waals surface area contributed by atoms with Crippen LogP contribution in [0.25, 0.3) is 22.4 Å². The molecule has 0 fully saturated rings. The van der Waals surface area contributed by atoms with E-state index in [2.05, 4.69) is 15.3 Å². The van der Waals surface area contributed by atoms with E-state index in [1.54, 1.807) is 12.1 Å². The van der Waals surface area contributed by atoms with E-state index in [9.17, 15) is 9.18 Å². The Bertz CT molecular complexity index is 1060. The van der Waals surface area contributed by atoms with Gasteiger partial charge in [-0.3, -0.25) is 4.79 Å². The second-order valence-corrected chi connectivity index (χ2v) is 6.99. The fourth-order valence-corrected chi connectivity index (χ4v) is 3.44. The van der Waals surface area contributed by atoms with Gasteiger partial charge in [0.15, 0.2) is 0 Å². The third-order valence-electron chi connectivity index (χ3n) is 4.03. The van der Waals surface area contributed by atoms with Gasteiger partial charge in [-0.05, 0) is 48.5 Å². The van der Waals surface area contributed by atoms with Gasteiger partial charge in [-0.1, -0.05) is 24.3 Å². The summed E-state index contributed by atoms with van der Waals surface area (Å²) in [5, 5.41) is 2.94. The third-order valence-corrected chi connectivity index (χ3v) is 5.04. The molecule has 4 aromatic rings. The zero-order valence-corrected chi connectivity index (χ0v) is 15.1. The average Bonchev–Trinajstić information content (AvgIpc) is 3.12. The van der Waals surface area contributed by atoms with E-state index in [0.29, 0.717) is 11.5 Å². The maximum atomic E-state index is 13.0. The van der Waals surface area contributed by atoms with Gasteiger partial charge in [-0.25, -0.2) is 9.37 Å². The molecule has 4 rings (SSSR count). The molecule has 0 bridgehead atoms. The average molecular weight is 377 g/mol. The number of fused-ring (bicyclic) bond motifs is 1. The van der Waals surface area contributed by atoms with Crippen LogP contribution in [0.5, 0.6) is 0 Å². The van der Waals surface area contributed by atoms with Crippen molar-refractivity contribution in [2.24, 2.45) is 0 Å². The van der Waals surface area contributed by atoms with Crippen molar-refractivity contribution in [1.29, 1.82) is 0 Å². The number of hydrogen-bond acceptors (Lipinski definition) is 3. The van der Waals surface area contributed by atoms with E-state index < -0.39 is 0 Å². The second kappa shape index (κ2) is 7.63. The van der Waals surface area contributed by atoms with Crippen LogP contribution in [-0.4, -0.2) is 21.6 Å². The minimum Gasteiger partial charge on any atom is -0.338 e. The van der Waals surface area contributed by atoms with Gasteiger partial charge >= 0.3 is 0 Å². The zero-order chi connectivity index (χ0) is 18.6. The molecule has 0 aliphatic heterocycles. The number of para-hydroxylation sites is 3. The second-order valence-electron chi connectivity index (χ2n) is 5.94. The zero-order valence-electron chi connectivity index (χ0n) is 14.3. The number of H-pyrrole nitrogens is 1. The minimum absolute atomic E-state index is 0.132. The molecule has 1 amide bonds. The molecule has 0 saturated heterocycles. The van der Waals surface area contributed by atoms with E-state index >= 15 is 0 Å². The van der Waals surface area contributed by atoms with E-state index in [4.69, 9.17) is 0 Å². The van der Waals surface area contributed by atoms with Crippen LogP contribution >= 0.6 is 11.8 Å². The lowest BCUT2D eigenvalue weighted by atomic mass is 10.1. The topological polar surface area (TPSA) is 57.8 Å². The first-order valence-electron chi connectivity index (χ1n) is 8.41. The number of hydrogen-bond donors (Lipinski definition) is 2. The van der Waals surface area contributed by atoms with E-state index in [1.807, 2.05) is 48.5 Å². The van der Waals surface area contributed by atoms with Gasteiger partial charge in [0.2, 0.25) is 5.91 Å². The summed E-state index contributed by atoms with van der Waals surface area (Å²) in [6, 6.07) is 21.4. The van der Waals surface area contributed by atoms with Crippen molar-refractivity contribution in [2.75, 3.05) is 11.1 Å². The number of rotatable bonds is 5. The van der Waals surface area contributed by atoms with Gasteiger partial charge in [0.05, 0.1) is 22.5 Å². The SMILES string of the molecule is O=C(CSc1ccc(F)cc1)Nc1ccccc1-c1nc2ccccc2[nH]1. The summed E-state index contributed by atoms with van der Waals surface area (Å²) in [6.07, 6.45) is 0. The number of thioether (sulfide) groups is 1. The Labute approximate surface area is 159 Å². The van der Waals surface area contributed by atoms with Crippen LogP contribution in [0.4, 0.5) is 10.1 Å². The molecule has 1 heterocycles. The molecular weight excluding hydrogens is 361 g/mol. The summed E-state index contributed by atoms with van der Waals surface area (Å²) < 4.78 is 13.0. The standard InChI is InChI=1S/C21H16FN3OS/c22-14-9-11-15(12-10-14)27-13-20(26)23-17-6-2-1-5-16(17)21-24-18-7-3-4-8-19(18)25-21/h1-12H,13H2,(H,23,26)(H,24,25). The Morgan fingerprint density at radius 2 is 1.74 bits per heavy atom. The molecule has 6 heteroatoms. The van der Waals surface area contributed by atoms with Gasteiger partial charge < -0.3 is 10.3 Å². The smallest absolute Gasteiger partial charge is 0.234 e. The van der Waals surface area contributed by atoms with Gasteiger partial charge in [0.1, 0.15) is 11.6 Å². The van der Waals surface area contributed by atoms with Gasteiger partial charge in [-0.2, -0.15) is 0 Å². The number of benzene rings is 3. The highest BCUT2D eigenvalue weighted by molar-refractivity contribution is 8.00. The van der Waals surface area contributed by atoms with Crippen LogP contribution in [0.1, 0.15) is 0 Å². The first-order chi connectivity index (χ1) is 13.2. The van der Waals surface area contributed by atoms with E-state index in [-0.39, 0.29) is 17.5 Å². The molecule has 0 radical (unpaired) electrons. The predicted octanol–water partition coefficient (Wildman–Crippen LogP) is 5.10. The molecule has 4 nitrogen and oxygen atoms in total. The molecule has 0 atom stereocenters. The molecule has 27 heavy (non-hydrogen) atoms. The monoisotopic (exact) mass is 377 g/mol. The Balaban J connectivity index is 1.50. The predicted molar refractivity (Wildman–Crippen MR) is 107 cm³/mol. The van der Waals surface area contributed by atoms with E-state index in [0.717, 1.165) is 21.5 Å². The highest BCUT2D eigenvalue weighted by atomic mass is 32.2. The molecular formula is C21H16FN3OS. The normalized spacial score (nSPS) is 10.9. The molecule has 0 unspecified atom stereocenters. The van der Waals surface area contributed by atoms with Crippen molar-refractivity contribution in [3.63, 3.8) is 0 Å². The van der Waals surface area contributed by atoms with Crippen molar-refractivity contribution < 1.29 is 9.18 Å². The molecule has 134 valence electrons. The molecule has 0 aliphatic rings. The third kappa shape index (κ3) is 4.01. The van der Waals surface area contributed by atoms with Crippen LogP contribution in [-0.2, 0) is 4.79 Å². The maximum Gasteiger partial charge on any atom is 0.234 e. The Morgan fingerprint density at radius 1 is 1.00 bits per heavy atom. The van der Waals surface area contributed by atoms with Crippen molar-refractivity contribution in [2.45, 2.75) is 4.90 Å². The lowest BCUT2D eigenvalue weighted by Gasteiger charge is -2.09. The number of aromatic amines is 1. The molecule has 0 saturated carbocycles. The molecule has 0 spiro atoms. The summed E-state index contributed by atoms with van der Waals surface area (Å²) in [6.45, 7) is 0. The Morgan fingerprint density at radius 3 is 2.56 bits per heavy atom. The highest BCUT2D eigenvalue weighted by Gasteiger charge is 2.12. The van der Waals surface area contributed by atoms with Crippen molar-refractivity contribution in [3.05, 3.63) is 78.6 Å². The molecule has 0 aliphatic carbocycles. The lowest BCUT2D eigenvalue weighted by Crippen LogP contribution is -2.14. The number of nitrogens with zero attached hydrogens (tertiary/aromatic N) is 1. The van der Waals surface area contributed by atoms with Crippen molar-refractivity contribution in [3.8, 4) is 11.4 Å². The highest BCUT2D eigenvalue weighted by Crippen LogP contribution is 2.28. The first kappa shape index (κ1) is 17.3. The number of nitrogens with one attached hydrogen (secondary N) is 2. The van der Waals surface area contributed by atoms with E-state index in [1.165, 1.54) is 23.9 Å². The summed E-state index contributed by atoms with van der Waals surface area (Å²) in [4.78, 5) is 21.1. The largest absolute Gasteiger partial charge is 0.338 e. The van der Waals surface area contributed by atoms with Crippen LogP contribution in [0, 0.1) is 5.82 Å². The lowest BCUT2D eigenvalue weighted by molar-refractivity contribution is -0.113. The number of carbonyl (C=O) groups excluding carboxylic acids is 1. The summed E-state index contributed by atoms with van der Waals surface area (Å²) in [5.41, 5.74) is 3.34. The van der Waals surface area contributed by atoms with Crippen LogP contribution in [0.15, 0.2) is 77.7 Å². The van der Waals surface area contributed by atoms with Gasteiger partial charge in [0.25, 0.3) is 0 Å². The fourth-order valence-electron chi connectivity index (χ4n) is 2.74. The molecule has 2 N–H and O–H groups in total.